The van der Waals surface area contributed by atoms with Crippen molar-refractivity contribution in [3.05, 3.63) is 78.0 Å². The molecule has 160 valence electrons. The molecule has 0 bridgehead atoms. The van der Waals surface area contributed by atoms with Crippen molar-refractivity contribution in [2.24, 2.45) is 0 Å². The van der Waals surface area contributed by atoms with Gasteiger partial charge in [0, 0.05) is 15.7 Å². The van der Waals surface area contributed by atoms with Crippen molar-refractivity contribution in [1.82, 2.24) is 9.55 Å². The molecule has 0 unspecified atom stereocenters. The number of ether oxygens (including phenoxy) is 1. The van der Waals surface area contributed by atoms with Gasteiger partial charge in [0.15, 0.2) is 5.16 Å². The van der Waals surface area contributed by atoms with E-state index in [1.807, 2.05) is 41.8 Å². The van der Waals surface area contributed by atoms with E-state index in [0.29, 0.717) is 43.1 Å². The third-order valence-corrected chi connectivity index (χ3v) is 7.94. The van der Waals surface area contributed by atoms with E-state index < -0.39 is 5.97 Å². The molecule has 0 saturated carbocycles. The number of fused-ring (bicyclic) bond motifs is 1. The van der Waals surface area contributed by atoms with Crippen LogP contribution in [0.2, 0.25) is 5.02 Å². The van der Waals surface area contributed by atoms with Gasteiger partial charge in [0.25, 0.3) is 5.56 Å². The van der Waals surface area contributed by atoms with E-state index in [2.05, 4.69) is 0 Å². The number of thiophene rings is 2. The number of hydrogen-bond acceptors (Lipinski definition) is 7. The molecule has 4 aromatic rings. The average molecular weight is 491 g/mol. The Kier molecular flexibility index (Phi) is 6.81. The summed E-state index contributed by atoms with van der Waals surface area (Å²) in [7, 11) is 0. The quantitative estimate of drug-likeness (QED) is 0.181. The third-order valence-electron chi connectivity index (χ3n) is 4.63. The smallest absolute Gasteiger partial charge is 0.348 e. The van der Waals surface area contributed by atoms with Crippen molar-refractivity contribution in [2.75, 3.05) is 6.61 Å². The summed E-state index contributed by atoms with van der Waals surface area (Å²) in [5.41, 5.74) is 1.53. The van der Waals surface area contributed by atoms with Gasteiger partial charge < -0.3 is 4.74 Å². The molecule has 4 rings (SSSR count). The standard InChI is InChI=1S/C22H19ClN2O3S3/c1-3-28-21(27)18-13(2)17-19(31-18)24-22(30-12-14-6-4-7-15(23)10-14)25(20(17)26)11-16-8-5-9-29-16/h4-10H,3,11-12H2,1-2H3. The second kappa shape index (κ2) is 9.56. The first-order chi connectivity index (χ1) is 15.0. The lowest BCUT2D eigenvalue weighted by Crippen LogP contribution is -2.23. The van der Waals surface area contributed by atoms with E-state index in [-0.39, 0.29) is 12.2 Å². The van der Waals surface area contributed by atoms with E-state index in [4.69, 9.17) is 21.3 Å². The van der Waals surface area contributed by atoms with Crippen LogP contribution in [-0.2, 0) is 17.0 Å². The van der Waals surface area contributed by atoms with Crippen molar-refractivity contribution in [2.45, 2.75) is 31.3 Å². The van der Waals surface area contributed by atoms with Gasteiger partial charge in [-0.3, -0.25) is 9.36 Å². The minimum absolute atomic E-state index is 0.142. The van der Waals surface area contributed by atoms with Crippen molar-refractivity contribution in [3.8, 4) is 0 Å². The first kappa shape index (κ1) is 22.1. The molecule has 0 aliphatic rings. The van der Waals surface area contributed by atoms with Gasteiger partial charge in [-0.1, -0.05) is 41.6 Å². The SMILES string of the molecule is CCOC(=O)c1sc2nc(SCc3cccc(Cl)c3)n(Cc3cccs3)c(=O)c2c1C. The van der Waals surface area contributed by atoms with Crippen LogP contribution in [0, 0.1) is 6.92 Å². The van der Waals surface area contributed by atoms with Gasteiger partial charge >= 0.3 is 5.97 Å². The summed E-state index contributed by atoms with van der Waals surface area (Å²) in [5, 5.41) is 3.75. The molecule has 31 heavy (non-hydrogen) atoms. The number of thioether (sulfide) groups is 1. The molecular weight excluding hydrogens is 472 g/mol. The van der Waals surface area contributed by atoms with Crippen LogP contribution in [0.15, 0.2) is 51.7 Å². The maximum absolute atomic E-state index is 13.5. The number of rotatable bonds is 7. The number of halogens is 1. The highest BCUT2D eigenvalue weighted by Gasteiger charge is 2.22. The lowest BCUT2D eigenvalue weighted by atomic mass is 10.2. The van der Waals surface area contributed by atoms with Crippen LogP contribution >= 0.6 is 46.0 Å². The Labute approximate surface area is 196 Å². The van der Waals surface area contributed by atoms with Crippen LogP contribution in [0.1, 0.15) is 32.6 Å². The lowest BCUT2D eigenvalue weighted by molar-refractivity contribution is 0.0531. The topological polar surface area (TPSA) is 61.2 Å². The van der Waals surface area contributed by atoms with Gasteiger partial charge in [-0.15, -0.1) is 22.7 Å². The fourth-order valence-electron chi connectivity index (χ4n) is 3.17. The van der Waals surface area contributed by atoms with Crippen LogP contribution in [0.3, 0.4) is 0 Å². The summed E-state index contributed by atoms with van der Waals surface area (Å²) in [6, 6.07) is 11.6. The fourth-order valence-corrected chi connectivity index (χ4v) is 6.14. The van der Waals surface area contributed by atoms with E-state index in [1.54, 1.807) is 29.8 Å². The molecule has 0 saturated heterocycles. The molecule has 0 atom stereocenters. The molecule has 1 aromatic carbocycles. The molecule has 3 aromatic heterocycles. The molecule has 0 N–H and O–H groups in total. The summed E-state index contributed by atoms with van der Waals surface area (Å²) in [4.78, 5) is 32.7. The van der Waals surface area contributed by atoms with Gasteiger partial charge in [0.05, 0.1) is 18.5 Å². The number of nitrogens with zero attached hydrogens (tertiary/aromatic N) is 2. The molecule has 9 heteroatoms. The first-order valence-electron chi connectivity index (χ1n) is 9.58. The molecular formula is C22H19ClN2O3S3. The second-order valence-corrected chi connectivity index (χ2v) is 10.2. The fraction of sp³-hybridized carbons (Fsp3) is 0.227. The minimum Gasteiger partial charge on any atom is -0.462 e. The predicted octanol–water partition coefficient (Wildman–Crippen LogP) is 6.00. The molecule has 0 fully saturated rings. The molecule has 0 aliphatic carbocycles. The van der Waals surface area contributed by atoms with Gasteiger partial charge in [-0.25, -0.2) is 9.78 Å². The highest BCUT2D eigenvalue weighted by Crippen LogP contribution is 2.31. The van der Waals surface area contributed by atoms with Gasteiger partial charge in [-0.2, -0.15) is 0 Å². The van der Waals surface area contributed by atoms with Crippen LogP contribution < -0.4 is 5.56 Å². The Morgan fingerprint density at radius 1 is 1.29 bits per heavy atom. The number of carbonyl (C=O) groups excluding carboxylic acids is 1. The zero-order chi connectivity index (χ0) is 22.0. The Morgan fingerprint density at radius 3 is 2.84 bits per heavy atom. The number of aromatic nitrogens is 2. The molecule has 0 radical (unpaired) electrons. The minimum atomic E-state index is -0.416. The summed E-state index contributed by atoms with van der Waals surface area (Å²) >= 11 is 10.4. The Morgan fingerprint density at radius 2 is 2.13 bits per heavy atom. The van der Waals surface area contributed by atoms with Crippen molar-refractivity contribution < 1.29 is 9.53 Å². The third kappa shape index (κ3) is 4.72. The Bertz CT molecular complexity index is 1300. The zero-order valence-electron chi connectivity index (χ0n) is 16.9. The largest absolute Gasteiger partial charge is 0.462 e. The summed E-state index contributed by atoms with van der Waals surface area (Å²) in [6.45, 7) is 4.25. The molecule has 3 heterocycles. The molecule has 5 nitrogen and oxygen atoms in total. The second-order valence-electron chi connectivity index (χ2n) is 6.74. The molecule has 0 amide bonds. The van der Waals surface area contributed by atoms with Crippen LogP contribution in [0.4, 0.5) is 0 Å². The highest BCUT2D eigenvalue weighted by atomic mass is 35.5. The number of hydrogen-bond donors (Lipinski definition) is 0. The maximum Gasteiger partial charge on any atom is 0.348 e. The monoisotopic (exact) mass is 490 g/mol. The normalized spacial score (nSPS) is 11.2. The van der Waals surface area contributed by atoms with Gasteiger partial charge in [0.1, 0.15) is 9.71 Å². The lowest BCUT2D eigenvalue weighted by Gasteiger charge is -2.11. The Balaban J connectivity index is 1.80. The number of benzene rings is 1. The predicted molar refractivity (Wildman–Crippen MR) is 129 cm³/mol. The van der Waals surface area contributed by atoms with Crippen molar-refractivity contribution in [3.63, 3.8) is 0 Å². The number of aryl methyl sites for hydroxylation is 1. The summed E-state index contributed by atoms with van der Waals surface area (Å²) < 4.78 is 6.85. The van der Waals surface area contributed by atoms with Gasteiger partial charge in [-0.05, 0) is 48.6 Å². The summed E-state index contributed by atoms with van der Waals surface area (Å²) in [6.07, 6.45) is 0. The number of esters is 1. The van der Waals surface area contributed by atoms with E-state index in [1.165, 1.54) is 23.1 Å². The maximum atomic E-state index is 13.5. The van der Waals surface area contributed by atoms with Crippen molar-refractivity contribution >= 4 is 62.2 Å². The van der Waals surface area contributed by atoms with E-state index in [9.17, 15) is 9.59 Å². The Hall–Kier alpha value is -2.13. The van der Waals surface area contributed by atoms with Crippen LogP contribution in [-0.4, -0.2) is 22.1 Å². The molecule has 0 aliphatic heterocycles. The van der Waals surface area contributed by atoms with Gasteiger partial charge in [0.2, 0.25) is 0 Å². The van der Waals surface area contributed by atoms with E-state index in [0.717, 1.165) is 10.4 Å². The van der Waals surface area contributed by atoms with Crippen LogP contribution in [0.5, 0.6) is 0 Å². The zero-order valence-corrected chi connectivity index (χ0v) is 20.1. The summed E-state index contributed by atoms with van der Waals surface area (Å²) in [5.74, 6) is 0.207. The first-order valence-corrected chi connectivity index (χ1v) is 12.6. The molecule has 0 spiro atoms. The highest BCUT2D eigenvalue weighted by molar-refractivity contribution is 7.98. The average Bonchev–Trinajstić information content (AvgIpc) is 3.37. The van der Waals surface area contributed by atoms with Crippen LogP contribution in [0.25, 0.3) is 10.2 Å². The number of carbonyl (C=O) groups is 1. The van der Waals surface area contributed by atoms with E-state index >= 15 is 0 Å². The van der Waals surface area contributed by atoms with Crippen molar-refractivity contribution in [1.29, 1.82) is 0 Å².